The van der Waals surface area contributed by atoms with Crippen molar-refractivity contribution in [2.45, 2.75) is 26.7 Å². The van der Waals surface area contributed by atoms with Gasteiger partial charge in [-0.15, -0.1) is 0 Å². The fraction of sp³-hybridized carbons (Fsp3) is 0.389. The molecule has 0 saturated carbocycles. The van der Waals surface area contributed by atoms with Crippen molar-refractivity contribution >= 4 is 17.4 Å². The lowest BCUT2D eigenvalue weighted by molar-refractivity contribution is -0.128. The van der Waals surface area contributed by atoms with E-state index in [1.165, 1.54) is 0 Å². The van der Waals surface area contributed by atoms with Gasteiger partial charge in [0.05, 0.1) is 24.7 Å². The molecule has 6 nitrogen and oxygen atoms in total. The molecular formula is C18H23N5O. The Morgan fingerprint density at radius 2 is 2.29 bits per heavy atom. The molecule has 0 bridgehead atoms. The Morgan fingerprint density at radius 1 is 1.50 bits per heavy atom. The molecule has 1 amide bonds. The summed E-state index contributed by atoms with van der Waals surface area (Å²) in [7, 11) is 0. The third-order valence-electron chi connectivity index (χ3n) is 3.93. The normalized spacial score (nSPS) is 15.2. The Labute approximate surface area is 142 Å². The van der Waals surface area contributed by atoms with Gasteiger partial charge < -0.3 is 16.0 Å². The molecule has 0 spiro atoms. The van der Waals surface area contributed by atoms with Crippen LogP contribution in [0.5, 0.6) is 0 Å². The van der Waals surface area contributed by atoms with Crippen molar-refractivity contribution in [1.82, 2.24) is 10.2 Å². The Balaban J connectivity index is 2.30. The number of nitrogens with two attached hydrogens (primary N) is 1. The number of aliphatic imine (C=N–C) groups is 1. The van der Waals surface area contributed by atoms with Crippen molar-refractivity contribution in [3.05, 3.63) is 41.1 Å². The van der Waals surface area contributed by atoms with Crippen molar-refractivity contribution in [3.8, 4) is 6.07 Å². The first kappa shape index (κ1) is 17.5. The number of benzene rings is 1. The van der Waals surface area contributed by atoms with Crippen LogP contribution in [-0.4, -0.2) is 36.3 Å². The number of nitrogens with one attached hydrogen (secondary N) is 1. The van der Waals surface area contributed by atoms with Crippen LogP contribution in [0.25, 0.3) is 0 Å². The molecule has 126 valence electrons. The lowest BCUT2D eigenvalue weighted by Gasteiger charge is -2.30. The van der Waals surface area contributed by atoms with Crippen molar-refractivity contribution in [1.29, 1.82) is 5.26 Å². The summed E-state index contributed by atoms with van der Waals surface area (Å²) in [6.45, 7) is 5.20. The topological polar surface area (TPSA) is 94.5 Å². The molecule has 6 heteroatoms. The fourth-order valence-electron chi connectivity index (χ4n) is 2.64. The number of hydrogen-bond acceptors (Lipinski definition) is 4. The van der Waals surface area contributed by atoms with Gasteiger partial charge in [-0.1, -0.05) is 12.1 Å². The van der Waals surface area contributed by atoms with Gasteiger partial charge in [0.25, 0.3) is 0 Å². The molecule has 0 aromatic heterocycles. The molecule has 1 aromatic carbocycles. The summed E-state index contributed by atoms with van der Waals surface area (Å²) in [5.74, 6) is 0.429. The average Bonchev–Trinajstić information content (AvgIpc) is 2.55. The molecule has 3 N–H and O–H groups in total. The van der Waals surface area contributed by atoms with Crippen molar-refractivity contribution in [2.75, 3.05) is 19.6 Å². The van der Waals surface area contributed by atoms with Crippen LogP contribution in [0, 0.1) is 18.3 Å². The van der Waals surface area contributed by atoms with Crippen molar-refractivity contribution in [3.63, 3.8) is 0 Å². The van der Waals surface area contributed by atoms with E-state index in [2.05, 4.69) is 16.4 Å². The molecule has 0 aliphatic carbocycles. The van der Waals surface area contributed by atoms with Gasteiger partial charge in [0.1, 0.15) is 5.84 Å². The van der Waals surface area contributed by atoms with E-state index < -0.39 is 0 Å². The minimum Gasteiger partial charge on any atom is -0.387 e. The summed E-state index contributed by atoms with van der Waals surface area (Å²) in [5, 5.41) is 12.0. The van der Waals surface area contributed by atoms with Gasteiger partial charge in [-0.3, -0.25) is 4.79 Å². The van der Waals surface area contributed by atoms with Gasteiger partial charge in [-0.2, -0.15) is 5.26 Å². The number of amides is 1. The van der Waals surface area contributed by atoms with E-state index in [1.54, 1.807) is 11.8 Å². The van der Waals surface area contributed by atoms with E-state index in [0.29, 0.717) is 38.3 Å². The highest BCUT2D eigenvalue weighted by Gasteiger charge is 2.22. The molecule has 1 heterocycles. The maximum atomic E-state index is 11.7. The number of nitriles is 1. The second-order valence-electron chi connectivity index (χ2n) is 5.82. The number of carbonyl (C=O) groups is 1. The zero-order valence-electron chi connectivity index (χ0n) is 14.2. The van der Waals surface area contributed by atoms with E-state index in [-0.39, 0.29) is 5.91 Å². The summed E-state index contributed by atoms with van der Waals surface area (Å²) >= 11 is 0. The quantitative estimate of drug-likeness (QED) is 0.492. The van der Waals surface area contributed by atoms with Gasteiger partial charge in [0.2, 0.25) is 5.91 Å². The fourth-order valence-corrected chi connectivity index (χ4v) is 2.64. The monoisotopic (exact) mass is 325 g/mol. The molecule has 24 heavy (non-hydrogen) atoms. The van der Waals surface area contributed by atoms with Gasteiger partial charge in [-0.05, 0) is 24.6 Å². The first-order valence-electron chi connectivity index (χ1n) is 8.01. The van der Waals surface area contributed by atoms with Crippen LogP contribution in [0.2, 0.25) is 0 Å². The molecule has 1 aliphatic heterocycles. The summed E-state index contributed by atoms with van der Waals surface area (Å²) in [6, 6.07) is 9.91. The molecule has 1 aromatic rings. The van der Waals surface area contributed by atoms with Crippen LogP contribution in [-0.2, 0) is 4.79 Å². The van der Waals surface area contributed by atoms with E-state index >= 15 is 0 Å². The number of nitrogens with zero attached hydrogens (tertiary/aromatic N) is 3. The zero-order valence-corrected chi connectivity index (χ0v) is 14.2. The Hall–Kier alpha value is -2.81. The first-order valence-corrected chi connectivity index (χ1v) is 8.01. The Kier molecular flexibility index (Phi) is 5.96. The molecule has 0 atom stereocenters. The van der Waals surface area contributed by atoms with Crippen LogP contribution >= 0.6 is 0 Å². The molecule has 0 radical (unpaired) electrons. The lowest BCUT2D eigenvalue weighted by atomic mass is 10.0. The smallest absolute Gasteiger partial charge is 0.219 e. The van der Waals surface area contributed by atoms with Crippen LogP contribution in [0.3, 0.4) is 0 Å². The van der Waals surface area contributed by atoms with E-state index in [0.717, 1.165) is 22.5 Å². The largest absolute Gasteiger partial charge is 0.387 e. The van der Waals surface area contributed by atoms with Gasteiger partial charge in [0, 0.05) is 37.7 Å². The highest BCUT2D eigenvalue weighted by atomic mass is 16.2. The first-order chi connectivity index (χ1) is 11.5. The van der Waals surface area contributed by atoms with Crippen LogP contribution in [0.1, 0.15) is 25.3 Å². The van der Waals surface area contributed by atoms with Crippen molar-refractivity contribution in [2.24, 2.45) is 10.7 Å². The number of carbonyl (C=O) groups excluding carboxylic acids is 1. The third kappa shape index (κ3) is 4.59. The molecule has 0 unspecified atom stereocenters. The highest BCUT2D eigenvalue weighted by Crippen LogP contribution is 2.20. The maximum Gasteiger partial charge on any atom is 0.219 e. The molecule has 0 fully saturated rings. The Bertz CT molecular complexity index is 714. The van der Waals surface area contributed by atoms with E-state index in [4.69, 9.17) is 11.0 Å². The molecule has 0 saturated heterocycles. The maximum absolute atomic E-state index is 11.7. The SMILES string of the molecule is CC(=O)N1CCC(NCCC#N)=C(C(N)=Nc2cccc(C)c2)C1. The summed E-state index contributed by atoms with van der Waals surface area (Å²) in [5.41, 5.74) is 9.93. The minimum absolute atomic E-state index is 0.0203. The number of aryl methyl sites for hydroxylation is 1. The predicted molar refractivity (Wildman–Crippen MR) is 94.6 cm³/mol. The zero-order chi connectivity index (χ0) is 17.5. The van der Waals surface area contributed by atoms with Crippen LogP contribution in [0.4, 0.5) is 5.69 Å². The minimum atomic E-state index is 0.0203. The van der Waals surface area contributed by atoms with Crippen molar-refractivity contribution < 1.29 is 4.79 Å². The number of hydrogen-bond donors (Lipinski definition) is 2. The van der Waals surface area contributed by atoms with Gasteiger partial charge in [-0.25, -0.2) is 4.99 Å². The second kappa shape index (κ2) is 8.16. The summed E-state index contributed by atoms with van der Waals surface area (Å²) in [4.78, 5) is 18.0. The standard InChI is InChI=1S/C18H23N5O/c1-13-5-3-6-15(11-13)22-18(20)16-12-23(14(2)24)10-7-17(16)21-9-4-8-19/h3,5-6,11,21H,4,7,9-10,12H2,1-2H3,(H2,20,22). The molecule has 1 aliphatic rings. The van der Waals surface area contributed by atoms with E-state index in [1.807, 2.05) is 31.2 Å². The lowest BCUT2D eigenvalue weighted by Crippen LogP contribution is -2.41. The number of rotatable bonds is 5. The van der Waals surface area contributed by atoms with Crippen LogP contribution < -0.4 is 11.1 Å². The molecular weight excluding hydrogens is 302 g/mol. The Morgan fingerprint density at radius 3 is 2.96 bits per heavy atom. The van der Waals surface area contributed by atoms with Crippen LogP contribution in [0.15, 0.2) is 40.5 Å². The van der Waals surface area contributed by atoms with Gasteiger partial charge in [0.15, 0.2) is 0 Å². The summed E-state index contributed by atoms with van der Waals surface area (Å²) in [6.07, 6.45) is 1.10. The third-order valence-corrected chi connectivity index (χ3v) is 3.93. The predicted octanol–water partition coefficient (Wildman–Crippen LogP) is 1.99. The highest BCUT2D eigenvalue weighted by molar-refractivity contribution is 6.00. The summed E-state index contributed by atoms with van der Waals surface area (Å²) < 4.78 is 0. The average molecular weight is 325 g/mol. The second-order valence-corrected chi connectivity index (χ2v) is 5.82. The number of amidine groups is 1. The van der Waals surface area contributed by atoms with E-state index in [9.17, 15) is 4.79 Å². The van der Waals surface area contributed by atoms with Gasteiger partial charge >= 0.3 is 0 Å². The molecule has 2 rings (SSSR count).